The maximum atomic E-state index is 12.7. The molecule has 0 aromatic carbocycles. The third-order valence-corrected chi connectivity index (χ3v) is 8.53. The van der Waals surface area contributed by atoms with Crippen molar-refractivity contribution in [1.29, 1.82) is 5.41 Å². The molecule has 0 radical (unpaired) electrons. The largest absolute Gasteiger partial charge is 0.477 e. The van der Waals surface area contributed by atoms with E-state index in [1.165, 1.54) is 16.7 Å². The maximum Gasteiger partial charge on any atom is 0.353 e. The van der Waals surface area contributed by atoms with Crippen LogP contribution in [-0.4, -0.2) is 92.7 Å². The average Bonchev–Trinajstić information content (AvgIpc) is 3.41. The number of hydrogen-bond donors (Lipinski definition) is 5. The lowest BCUT2D eigenvalue weighted by Crippen LogP contribution is -2.63. The third-order valence-electron chi connectivity index (χ3n) is 7.02. The zero-order valence-corrected chi connectivity index (χ0v) is 19.3. The SMILES string of the molecule is CC(=N)N1CC[C@@H](NC(=O)[C@@H]2C[C@H](SC3=C(C(=O)O)N4C(=O)[C@H]([C@@H](C)O)[C@H]4[C@H]3C)CN2)C1. The van der Waals surface area contributed by atoms with Crippen LogP contribution < -0.4 is 10.6 Å². The molecular weight excluding hydrogens is 434 g/mol. The summed E-state index contributed by atoms with van der Waals surface area (Å²) in [6, 6.07) is -0.649. The number of amides is 2. The second-order valence-electron chi connectivity index (χ2n) is 9.23. The monoisotopic (exact) mass is 465 g/mol. The van der Waals surface area contributed by atoms with E-state index in [0.717, 1.165) is 13.0 Å². The summed E-state index contributed by atoms with van der Waals surface area (Å²) in [5.41, 5.74) is 0.0235. The van der Waals surface area contributed by atoms with E-state index < -0.39 is 18.0 Å². The quantitative estimate of drug-likeness (QED) is 0.206. The second kappa shape index (κ2) is 8.68. The minimum Gasteiger partial charge on any atom is -0.477 e. The number of amidine groups is 1. The van der Waals surface area contributed by atoms with Gasteiger partial charge in [-0.15, -0.1) is 11.8 Å². The zero-order chi connectivity index (χ0) is 23.3. The van der Waals surface area contributed by atoms with Gasteiger partial charge in [0.05, 0.1) is 29.9 Å². The van der Waals surface area contributed by atoms with Crippen molar-refractivity contribution >= 4 is 35.4 Å². The van der Waals surface area contributed by atoms with Crippen LogP contribution in [0.2, 0.25) is 0 Å². The fraction of sp³-hybridized carbons (Fsp3) is 0.714. The molecule has 0 saturated carbocycles. The van der Waals surface area contributed by atoms with Crippen LogP contribution in [0.5, 0.6) is 0 Å². The smallest absolute Gasteiger partial charge is 0.353 e. The lowest BCUT2D eigenvalue weighted by Gasteiger charge is -2.46. The number of carbonyl (C=O) groups excluding carboxylic acids is 2. The number of likely N-dealkylation sites (tertiary alicyclic amines) is 1. The molecule has 4 heterocycles. The van der Waals surface area contributed by atoms with Crippen LogP contribution in [0.25, 0.3) is 0 Å². The first kappa shape index (κ1) is 23.1. The first-order valence-corrected chi connectivity index (χ1v) is 12.0. The molecule has 0 spiro atoms. The van der Waals surface area contributed by atoms with Gasteiger partial charge < -0.3 is 30.6 Å². The van der Waals surface area contributed by atoms with Gasteiger partial charge in [-0.05, 0) is 26.7 Å². The van der Waals surface area contributed by atoms with E-state index in [0.29, 0.717) is 30.3 Å². The lowest BCUT2D eigenvalue weighted by molar-refractivity contribution is -0.163. The van der Waals surface area contributed by atoms with Crippen LogP contribution >= 0.6 is 11.8 Å². The van der Waals surface area contributed by atoms with Gasteiger partial charge in [0.25, 0.3) is 0 Å². The second-order valence-corrected chi connectivity index (χ2v) is 10.6. The van der Waals surface area contributed by atoms with Crippen LogP contribution in [0.3, 0.4) is 0 Å². The Kier molecular flexibility index (Phi) is 6.25. The molecular formula is C21H31N5O5S. The van der Waals surface area contributed by atoms with Crippen molar-refractivity contribution < 1.29 is 24.6 Å². The highest BCUT2D eigenvalue weighted by Crippen LogP contribution is 2.51. The Morgan fingerprint density at radius 3 is 2.69 bits per heavy atom. The fourth-order valence-electron chi connectivity index (χ4n) is 5.34. The Labute approximate surface area is 191 Å². The van der Waals surface area contributed by atoms with E-state index in [1.54, 1.807) is 13.8 Å². The first-order valence-electron chi connectivity index (χ1n) is 11.1. The number of rotatable bonds is 6. The minimum atomic E-state index is -1.13. The van der Waals surface area contributed by atoms with E-state index in [1.807, 2.05) is 11.8 Å². The molecule has 10 nitrogen and oxygen atoms in total. The topological polar surface area (TPSA) is 146 Å². The Morgan fingerprint density at radius 1 is 1.38 bits per heavy atom. The molecule has 0 unspecified atom stereocenters. The van der Waals surface area contributed by atoms with Gasteiger partial charge in [0.1, 0.15) is 5.70 Å². The number of fused-ring (bicyclic) bond motifs is 1. The molecule has 11 heteroatoms. The van der Waals surface area contributed by atoms with Crippen LogP contribution in [0.1, 0.15) is 33.6 Å². The molecule has 3 fully saturated rings. The number of nitrogens with zero attached hydrogens (tertiary/aromatic N) is 2. The van der Waals surface area contributed by atoms with E-state index in [4.69, 9.17) is 5.41 Å². The molecule has 5 N–H and O–H groups in total. The average molecular weight is 466 g/mol. The summed E-state index contributed by atoms with van der Waals surface area (Å²) in [6.07, 6.45) is 0.558. The summed E-state index contributed by atoms with van der Waals surface area (Å²) in [4.78, 5) is 41.1. The van der Waals surface area contributed by atoms with Crippen molar-refractivity contribution in [3.05, 3.63) is 10.6 Å². The van der Waals surface area contributed by atoms with Gasteiger partial charge in [-0.1, -0.05) is 6.92 Å². The highest BCUT2D eigenvalue weighted by atomic mass is 32.2. The van der Waals surface area contributed by atoms with Gasteiger partial charge in [0, 0.05) is 41.7 Å². The molecule has 2 amide bonds. The highest BCUT2D eigenvalue weighted by Gasteiger charge is 2.60. The van der Waals surface area contributed by atoms with E-state index in [9.17, 15) is 24.6 Å². The van der Waals surface area contributed by atoms with E-state index in [2.05, 4.69) is 10.6 Å². The van der Waals surface area contributed by atoms with Gasteiger partial charge in [0.15, 0.2) is 0 Å². The van der Waals surface area contributed by atoms with Crippen molar-refractivity contribution in [3.8, 4) is 0 Å². The standard InChI is InChI=1S/C21H31N5O5S/c1-9-16-15(10(2)27)20(29)26(16)17(21(30)31)18(9)32-13-6-14(23-7-13)19(28)24-12-4-5-25(8-12)11(3)22/h9-10,12-16,22-23,27H,4-8H2,1-3H3,(H,24,28)(H,30,31)/t9-,10-,12-,13+,14+,15-,16-/m1/s1. The molecule has 4 rings (SSSR count). The normalized spacial score (nSPS) is 35.1. The Bertz CT molecular complexity index is 877. The molecule has 7 atom stereocenters. The van der Waals surface area contributed by atoms with Crippen LogP contribution in [0, 0.1) is 17.2 Å². The predicted molar refractivity (Wildman–Crippen MR) is 119 cm³/mol. The molecule has 0 aliphatic carbocycles. The van der Waals surface area contributed by atoms with Gasteiger partial charge >= 0.3 is 5.97 Å². The first-order chi connectivity index (χ1) is 15.1. The Hall–Kier alpha value is -2.11. The number of carboxylic acids is 1. The van der Waals surface area contributed by atoms with Crippen molar-refractivity contribution in [2.24, 2.45) is 11.8 Å². The zero-order valence-electron chi connectivity index (χ0n) is 18.5. The van der Waals surface area contributed by atoms with Crippen molar-refractivity contribution in [2.45, 2.75) is 63.1 Å². The van der Waals surface area contributed by atoms with Gasteiger partial charge in [-0.3, -0.25) is 15.0 Å². The summed E-state index contributed by atoms with van der Waals surface area (Å²) < 4.78 is 0. The molecule has 0 bridgehead atoms. The molecule has 3 saturated heterocycles. The number of aliphatic carboxylic acids is 1. The predicted octanol–water partition coefficient (Wildman–Crippen LogP) is -0.209. The van der Waals surface area contributed by atoms with Crippen LogP contribution in [0.4, 0.5) is 0 Å². The molecule has 0 aromatic rings. The molecule has 4 aliphatic rings. The van der Waals surface area contributed by atoms with Gasteiger partial charge in [0.2, 0.25) is 11.8 Å². The molecule has 4 aliphatic heterocycles. The maximum absolute atomic E-state index is 12.7. The molecule has 0 aromatic heterocycles. The number of β-lactam (4-membered cyclic amide) rings is 1. The van der Waals surface area contributed by atoms with Crippen LogP contribution in [-0.2, 0) is 14.4 Å². The minimum absolute atomic E-state index is 0.0141. The number of aliphatic hydroxyl groups excluding tert-OH is 1. The third kappa shape index (κ3) is 3.90. The van der Waals surface area contributed by atoms with Crippen LogP contribution in [0.15, 0.2) is 10.6 Å². The number of carbonyl (C=O) groups is 3. The van der Waals surface area contributed by atoms with Crippen molar-refractivity contribution in [1.82, 2.24) is 20.4 Å². The fourth-order valence-corrected chi connectivity index (χ4v) is 6.81. The van der Waals surface area contributed by atoms with Gasteiger partial charge in [-0.2, -0.15) is 0 Å². The summed E-state index contributed by atoms with van der Waals surface area (Å²) in [7, 11) is 0. The highest BCUT2D eigenvalue weighted by molar-refractivity contribution is 8.03. The van der Waals surface area contributed by atoms with Crippen molar-refractivity contribution in [3.63, 3.8) is 0 Å². The summed E-state index contributed by atoms with van der Waals surface area (Å²) in [5.74, 6) is -1.78. The number of thioether (sulfide) groups is 1. The lowest BCUT2D eigenvalue weighted by atomic mass is 9.79. The van der Waals surface area contributed by atoms with Gasteiger partial charge in [-0.25, -0.2) is 4.79 Å². The summed E-state index contributed by atoms with van der Waals surface area (Å²) in [5, 5.41) is 33.8. The number of nitrogens with one attached hydrogen (secondary N) is 3. The Balaban J connectivity index is 1.38. The molecule has 32 heavy (non-hydrogen) atoms. The van der Waals surface area contributed by atoms with E-state index in [-0.39, 0.29) is 46.8 Å². The number of carboxylic acid groups (broad SMARTS) is 1. The summed E-state index contributed by atoms with van der Waals surface area (Å²) >= 11 is 1.44. The number of aliphatic hydroxyl groups is 1. The molecule has 176 valence electrons. The summed E-state index contributed by atoms with van der Waals surface area (Å²) in [6.45, 7) is 7.20. The Morgan fingerprint density at radius 2 is 2.09 bits per heavy atom. The number of hydrogen-bond acceptors (Lipinski definition) is 7. The van der Waals surface area contributed by atoms with E-state index >= 15 is 0 Å². The van der Waals surface area contributed by atoms with Crippen molar-refractivity contribution in [2.75, 3.05) is 19.6 Å².